The van der Waals surface area contributed by atoms with Gasteiger partial charge >= 0.3 is 0 Å². The van der Waals surface area contributed by atoms with Crippen LogP contribution in [-0.2, 0) is 6.61 Å². The summed E-state index contributed by atoms with van der Waals surface area (Å²) in [6.45, 7) is 0.401. The predicted molar refractivity (Wildman–Crippen MR) is 74.0 cm³/mol. The summed E-state index contributed by atoms with van der Waals surface area (Å²) in [5.41, 5.74) is 1.96. The predicted octanol–water partition coefficient (Wildman–Crippen LogP) is 4.54. The maximum Gasteiger partial charge on any atom is 0.128 e. The number of hydrogen-bond acceptors (Lipinski definition) is 1. The molecule has 19 heavy (non-hydrogen) atoms. The number of aromatic amines is 1. The van der Waals surface area contributed by atoms with Crippen LogP contribution in [0.15, 0.2) is 48.5 Å². The van der Waals surface area contributed by atoms with E-state index in [0.29, 0.717) is 17.4 Å². The zero-order valence-electron chi connectivity index (χ0n) is 9.99. The molecule has 0 fully saturated rings. The molecule has 2 aromatic carbocycles. The topological polar surface area (TPSA) is 25.0 Å². The molecule has 0 amide bonds. The number of aromatic nitrogens is 1. The van der Waals surface area contributed by atoms with Crippen LogP contribution in [0.5, 0.6) is 5.75 Å². The molecule has 3 aromatic rings. The fourth-order valence-electron chi connectivity index (χ4n) is 1.93. The summed E-state index contributed by atoms with van der Waals surface area (Å²) in [6, 6.07) is 13.6. The summed E-state index contributed by atoms with van der Waals surface area (Å²) in [4.78, 5) is 3.25. The Morgan fingerprint density at radius 3 is 2.63 bits per heavy atom. The molecule has 3 rings (SSSR count). The maximum absolute atomic E-state index is 12.8. The minimum atomic E-state index is -0.271. The number of rotatable bonds is 3. The van der Waals surface area contributed by atoms with Crippen molar-refractivity contribution in [1.29, 1.82) is 0 Å². The lowest BCUT2D eigenvalue weighted by atomic mass is 10.2. The van der Waals surface area contributed by atoms with Crippen molar-refractivity contribution in [1.82, 2.24) is 4.98 Å². The molecule has 0 saturated heterocycles. The van der Waals surface area contributed by atoms with Crippen molar-refractivity contribution in [3.8, 4) is 5.75 Å². The van der Waals surface area contributed by atoms with Crippen molar-refractivity contribution in [2.75, 3.05) is 0 Å². The fourth-order valence-corrected chi connectivity index (χ4v) is 2.11. The minimum Gasteiger partial charge on any atom is -0.487 e. The number of halogens is 2. The highest BCUT2D eigenvalue weighted by Gasteiger charge is 2.02. The van der Waals surface area contributed by atoms with E-state index in [-0.39, 0.29) is 5.82 Å². The summed E-state index contributed by atoms with van der Waals surface area (Å²) >= 11 is 5.94. The summed E-state index contributed by atoms with van der Waals surface area (Å²) < 4.78 is 18.3. The average Bonchev–Trinajstić information content (AvgIpc) is 2.80. The largest absolute Gasteiger partial charge is 0.487 e. The van der Waals surface area contributed by atoms with Gasteiger partial charge in [-0.25, -0.2) is 4.39 Å². The van der Waals surface area contributed by atoms with Gasteiger partial charge in [0.05, 0.1) is 5.69 Å². The van der Waals surface area contributed by atoms with Crippen LogP contribution < -0.4 is 4.74 Å². The molecule has 1 N–H and O–H groups in total. The molecule has 0 aliphatic rings. The lowest BCUT2D eigenvalue weighted by Gasteiger charge is -2.03. The first-order valence-electron chi connectivity index (χ1n) is 5.86. The lowest BCUT2D eigenvalue weighted by molar-refractivity contribution is 0.302. The summed E-state index contributed by atoms with van der Waals surface area (Å²) in [5, 5.41) is 1.75. The SMILES string of the molecule is Fc1ccc(OCc2cc3cc(Cl)ccc3[nH]2)cc1. The van der Waals surface area contributed by atoms with Crippen molar-refractivity contribution in [3.05, 3.63) is 65.1 Å². The van der Waals surface area contributed by atoms with Gasteiger partial charge in [0.1, 0.15) is 18.2 Å². The number of benzene rings is 2. The quantitative estimate of drug-likeness (QED) is 0.746. The van der Waals surface area contributed by atoms with Gasteiger partial charge in [-0.2, -0.15) is 0 Å². The number of nitrogens with one attached hydrogen (secondary N) is 1. The minimum absolute atomic E-state index is 0.271. The molecule has 2 nitrogen and oxygen atoms in total. The van der Waals surface area contributed by atoms with Crippen LogP contribution in [0.1, 0.15) is 5.69 Å². The molecular weight excluding hydrogens is 265 g/mol. The molecule has 0 aliphatic carbocycles. The van der Waals surface area contributed by atoms with Crippen LogP contribution in [0.25, 0.3) is 10.9 Å². The second-order valence-electron chi connectivity index (χ2n) is 4.27. The van der Waals surface area contributed by atoms with Crippen LogP contribution >= 0.6 is 11.6 Å². The Hall–Kier alpha value is -2.00. The van der Waals surface area contributed by atoms with E-state index < -0.39 is 0 Å². The first kappa shape index (κ1) is 12.1. The third-order valence-electron chi connectivity index (χ3n) is 2.85. The second kappa shape index (κ2) is 4.94. The van der Waals surface area contributed by atoms with Gasteiger partial charge in [0, 0.05) is 15.9 Å². The van der Waals surface area contributed by atoms with Gasteiger partial charge in [-0.05, 0) is 48.5 Å². The molecule has 0 aliphatic heterocycles. The van der Waals surface area contributed by atoms with Gasteiger partial charge in [-0.15, -0.1) is 0 Å². The smallest absolute Gasteiger partial charge is 0.128 e. The zero-order chi connectivity index (χ0) is 13.2. The van der Waals surface area contributed by atoms with Gasteiger partial charge in [-0.1, -0.05) is 11.6 Å². The molecule has 0 bridgehead atoms. The Balaban J connectivity index is 1.76. The van der Waals surface area contributed by atoms with Crippen LogP contribution in [0.2, 0.25) is 5.02 Å². The molecule has 0 spiro atoms. The average molecular weight is 276 g/mol. The van der Waals surface area contributed by atoms with E-state index in [1.807, 2.05) is 24.3 Å². The molecule has 0 saturated carbocycles. The Morgan fingerprint density at radius 1 is 1.05 bits per heavy atom. The van der Waals surface area contributed by atoms with Crippen LogP contribution in [0.4, 0.5) is 4.39 Å². The van der Waals surface area contributed by atoms with Gasteiger partial charge < -0.3 is 9.72 Å². The van der Waals surface area contributed by atoms with Crippen molar-refractivity contribution < 1.29 is 9.13 Å². The second-order valence-corrected chi connectivity index (χ2v) is 4.71. The third kappa shape index (κ3) is 2.71. The molecular formula is C15H11ClFNO. The van der Waals surface area contributed by atoms with Crippen LogP contribution in [0.3, 0.4) is 0 Å². The van der Waals surface area contributed by atoms with E-state index in [4.69, 9.17) is 16.3 Å². The van der Waals surface area contributed by atoms with Crippen molar-refractivity contribution in [3.63, 3.8) is 0 Å². The Bertz CT molecular complexity index is 706. The van der Waals surface area contributed by atoms with E-state index in [0.717, 1.165) is 16.6 Å². The maximum atomic E-state index is 12.8. The van der Waals surface area contributed by atoms with E-state index in [2.05, 4.69) is 4.98 Å². The van der Waals surface area contributed by atoms with E-state index in [1.165, 1.54) is 12.1 Å². The van der Waals surface area contributed by atoms with Gasteiger partial charge in [0.15, 0.2) is 0 Å². The standard InChI is InChI=1S/C15H11ClFNO/c16-11-1-6-15-10(7-11)8-13(18-15)9-19-14-4-2-12(17)3-5-14/h1-8,18H,9H2. The summed E-state index contributed by atoms with van der Waals surface area (Å²) in [6.07, 6.45) is 0. The zero-order valence-corrected chi connectivity index (χ0v) is 10.7. The third-order valence-corrected chi connectivity index (χ3v) is 3.08. The van der Waals surface area contributed by atoms with Crippen molar-refractivity contribution in [2.24, 2.45) is 0 Å². The first-order valence-corrected chi connectivity index (χ1v) is 6.24. The highest BCUT2D eigenvalue weighted by molar-refractivity contribution is 6.31. The lowest BCUT2D eigenvalue weighted by Crippen LogP contribution is -1.95. The van der Waals surface area contributed by atoms with Gasteiger partial charge in [0.25, 0.3) is 0 Å². The van der Waals surface area contributed by atoms with E-state index in [9.17, 15) is 4.39 Å². The number of ether oxygens (including phenoxy) is 1. The Morgan fingerprint density at radius 2 is 1.84 bits per heavy atom. The van der Waals surface area contributed by atoms with Gasteiger partial charge in [-0.3, -0.25) is 0 Å². The van der Waals surface area contributed by atoms with Crippen LogP contribution in [-0.4, -0.2) is 4.98 Å². The molecule has 1 heterocycles. The van der Waals surface area contributed by atoms with Gasteiger partial charge in [0.2, 0.25) is 0 Å². The fraction of sp³-hybridized carbons (Fsp3) is 0.0667. The molecule has 0 unspecified atom stereocenters. The monoisotopic (exact) mass is 275 g/mol. The van der Waals surface area contributed by atoms with E-state index in [1.54, 1.807) is 12.1 Å². The molecule has 0 atom stereocenters. The van der Waals surface area contributed by atoms with E-state index >= 15 is 0 Å². The molecule has 96 valence electrons. The summed E-state index contributed by atoms with van der Waals surface area (Å²) in [7, 11) is 0. The highest BCUT2D eigenvalue weighted by Crippen LogP contribution is 2.21. The molecule has 1 aromatic heterocycles. The number of H-pyrrole nitrogens is 1. The number of fused-ring (bicyclic) bond motifs is 1. The Labute approximate surface area is 114 Å². The number of hydrogen-bond donors (Lipinski definition) is 1. The molecule has 4 heteroatoms. The molecule has 0 radical (unpaired) electrons. The highest BCUT2D eigenvalue weighted by atomic mass is 35.5. The first-order chi connectivity index (χ1) is 9.20. The Kier molecular flexibility index (Phi) is 3.13. The van der Waals surface area contributed by atoms with Crippen molar-refractivity contribution >= 4 is 22.5 Å². The summed E-state index contributed by atoms with van der Waals surface area (Å²) in [5.74, 6) is 0.366. The van der Waals surface area contributed by atoms with Crippen LogP contribution in [0, 0.1) is 5.82 Å². The van der Waals surface area contributed by atoms with Crippen molar-refractivity contribution in [2.45, 2.75) is 6.61 Å². The normalized spacial score (nSPS) is 10.8.